The molecule has 2 atom stereocenters. The van der Waals surface area contributed by atoms with Crippen LogP contribution in [0.4, 0.5) is 0 Å². The SMILES string of the molecule is COc1ccc([C@@H]2c3c(OC)cc(OC)cc3C(=O)c3c(OC)cc(OC)cc3[C@H]2Br)cc1. The van der Waals surface area contributed by atoms with Gasteiger partial charge in [-0.05, 0) is 35.4 Å². The lowest BCUT2D eigenvalue weighted by molar-refractivity contribution is 0.103. The van der Waals surface area contributed by atoms with Gasteiger partial charge in [-0.1, -0.05) is 28.1 Å². The van der Waals surface area contributed by atoms with Gasteiger partial charge in [-0.25, -0.2) is 0 Å². The van der Waals surface area contributed by atoms with Gasteiger partial charge in [0.2, 0.25) is 0 Å². The summed E-state index contributed by atoms with van der Waals surface area (Å²) < 4.78 is 27.7. The number of rotatable bonds is 6. The molecular weight excluding hydrogens is 488 g/mol. The maximum atomic E-state index is 14.0. The van der Waals surface area contributed by atoms with Gasteiger partial charge in [0.1, 0.15) is 28.7 Å². The number of methoxy groups -OCH3 is 5. The predicted octanol–water partition coefficient (Wildman–Crippen LogP) is 5.54. The van der Waals surface area contributed by atoms with Crippen molar-refractivity contribution in [1.82, 2.24) is 0 Å². The van der Waals surface area contributed by atoms with Crippen LogP contribution in [0.25, 0.3) is 0 Å². The summed E-state index contributed by atoms with van der Waals surface area (Å²) in [7, 11) is 7.93. The van der Waals surface area contributed by atoms with Crippen molar-refractivity contribution in [1.29, 1.82) is 0 Å². The molecule has 33 heavy (non-hydrogen) atoms. The van der Waals surface area contributed by atoms with Crippen LogP contribution in [0.3, 0.4) is 0 Å². The van der Waals surface area contributed by atoms with E-state index < -0.39 is 0 Å². The van der Waals surface area contributed by atoms with Crippen molar-refractivity contribution in [2.24, 2.45) is 0 Å². The van der Waals surface area contributed by atoms with Crippen molar-refractivity contribution in [2.45, 2.75) is 10.7 Å². The molecule has 6 nitrogen and oxygen atoms in total. The zero-order valence-corrected chi connectivity index (χ0v) is 20.7. The summed E-state index contributed by atoms with van der Waals surface area (Å²) in [5.74, 6) is 2.48. The third-order valence-electron chi connectivity index (χ3n) is 5.98. The van der Waals surface area contributed by atoms with Crippen LogP contribution >= 0.6 is 15.9 Å². The number of fused-ring (bicyclic) bond motifs is 2. The minimum absolute atomic E-state index is 0.169. The highest BCUT2D eigenvalue weighted by molar-refractivity contribution is 9.09. The van der Waals surface area contributed by atoms with E-state index in [1.54, 1.807) is 53.7 Å². The van der Waals surface area contributed by atoms with Gasteiger partial charge in [0.15, 0.2) is 5.78 Å². The van der Waals surface area contributed by atoms with E-state index in [9.17, 15) is 4.79 Å². The number of carbonyl (C=O) groups excluding carboxylic acids is 1. The molecular formula is C26H25BrO6. The number of alkyl halides is 1. The lowest BCUT2D eigenvalue weighted by atomic mass is 9.84. The first-order valence-corrected chi connectivity index (χ1v) is 11.2. The van der Waals surface area contributed by atoms with Crippen molar-refractivity contribution < 1.29 is 28.5 Å². The molecule has 3 aromatic rings. The molecule has 0 saturated heterocycles. The second-order valence-corrected chi connectivity index (χ2v) is 8.55. The second-order valence-electron chi connectivity index (χ2n) is 7.57. The van der Waals surface area contributed by atoms with Crippen LogP contribution in [0.2, 0.25) is 0 Å². The Bertz CT molecular complexity index is 1190. The van der Waals surface area contributed by atoms with Gasteiger partial charge in [-0.3, -0.25) is 4.79 Å². The quantitative estimate of drug-likeness (QED) is 0.404. The van der Waals surface area contributed by atoms with Crippen molar-refractivity contribution in [2.75, 3.05) is 35.5 Å². The summed E-state index contributed by atoms with van der Waals surface area (Å²) >= 11 is 3.92. The molecule has 0 saturated carbocycles. The van der Waals surface area contributed by atoms with Crippen LogP contribution in [0.5, 0.6) is 28.7 Å². The fourth-order valence-corrected chi connectivity index (χ4v) is 5.28. The summed E-state index contributed by atoms with van der Waals surface area (Å²) in [6.07, 6.45) is 0. The Balaban J connectivity index is 2.09. The Morgan fingerprint density at radius 3 is 1.85 bits per heavy atom. The largest absolute Gasteiger partial charge is 0.497 e. The normalized spacial score (nSPS) is 16.8. The summed E-state index contributed by atoms with van der Waals surface area (Å²) in [5.41, 5.74) is 3.51. The van der Waals surface area contributed by atoms with E-state index in [2.05, 4.69) is 15.9 Å². The number of hydrogen-bond donors (Lipinski definition) is 0. The average molecular weight is 513 g/mol. The topological polar surface area (TPSA) is 63.2 Å². The highest BCUT2D eigenvalue weighted by Crippen LogP contribution is 2.53. The molecule has 0 unspecified atom stereocenters. The van der Waals surface area contributed by atoms with Crippen LogP contribution in [-0.4, -0.2) is 41.3 Å². The predicted molar refractivity (Wildman–Crippen MR) is 129 cm³/mol. The van der Waals surface area contributed by atoms with Crippen molar-refractivity contribution in [3.8, 4) is 28.7 Å². The van der Waals surface area contributed by atoms with Crippen LogP contribution in [0, 0.1) is 0 Å². The fraction of sp³-hybridized carbons (Fsp3) is 0.269. The molecule has 1 aliphatic rings. The molecule has 0 N–H and O–H groups in total. The first-order chi connectivity index (χ1) is 16.0. The Kier molecular flexibility index (Phi) is 6.51. The maximum Gasteiger partial charge on any atom is 0.197 e. The zero-order chi connectivity index (χ0) is 23.7. The fourth-order valence-electron chi connectivity index (χ4n) is 4.35. The minimum Gasteiger partial charge on any atom is -0.497 e. The molecule has 172 valence electrons. The molecule has 7 heteroatoms. The number of benzene rings is 3. The maximum absolute atomic E-state index is 14.0. The van der Waals surface area contributed by atoms with E-state index >= 15 is 0 Å². The van der Waals surface area contributed by atoms with E-state index in [0.717, 1.165) is 22.4 Å². The number of ether oxygens (including phenoxy) is 5. The van der Waals surface area contributed by atoms with Gasteiger partial charge in [0.05, 0.1) is 45.9 Å². The lowest BCUT2D eigenvalue weighted by Crippen LogP contribution is -2.11. The Labute approximate surface area is 201 Å². The molecule has 0 fully saturated rings. The summed E-state index contributed by atoms with van der Waals surface area (Å²) in [5, 5.41) is 0. The zero-order valence-electron chi connectivity index (χ0n) is 19.1. The highest BCUT2D eigenvalue weighted by Gasteiger charge is 2.39. The Hall–Kier alpha value is -3.19. The molecule has 0 amide bonds. The van der Waals surface area contributed by atoms with E-state index in [1.807, 2.05) is 30.3 Å². The molecule has 4 rings (SSSR count). The second kappa shape index (κ2) is 9.35. The number of ketones is 1. The van der Waals surface area contributed by atoms with Crippen molar-refractivity contribution >= 4 is 21.7 Å². The first-order valence-electron chi connectivity index (χ1n) is 10.3. The van der Waals surface area contributed by atoms with E-state index in [-0.39, 0.29) is 16.5 Å². The molecule has 1 aliphatic carbocycles. The van der Waals surface area contributed by atoms with Crippen LogP contribution < -0.4 is 23.7 Å². The van der Waals surface area contributed by atoms with Crippen LogP contribution in [0.1, 0.15) is 43.4 Å². The van der Waals surface area contributed by atoms with E-state index in [0.29, 0.717) is 34.1 Å². The molecule has 3 aromatic carbocycles. The standard InChI is InChI=1S/C26H25BrO6/c1-29-15-8-6-14(7-9-15)22-23-19(11-17(31-3)12-20(23)32-4)26(28)24-18(25(22)27)10-16(30-2)13-21(24)33-5/h6-13,22,25H,1-5H3/t22-,25-/m1/s1. The van der Waals surface area contributed by atoms with Gasteiger partial charge < -0.3 is 23.7 Å². The molecule has 0 aliphatic heterocycles. The van der Waals surface area contributed by atoms with Crippen LogP contribution in [0.15, 0.2) is 48.5 Å². The molecule has 0 bridgehead atoms. The van der Waals surface area contributed by atoms with Gasteiger partial charge in [-0.2, -0.15) is 0 Å². The van der Waals surface area contributed by atoms with E-state index in [1.165, 1.54) is 0 Å². The Morgan fingerprint density at radius 2 is 1.27 bits per heavy atom. The number of carbonyl (C=O) groups is 1. The number of halogens is 1. The summed E-state index contributed by atoms with van der Waals surface area (Å²) in [6.45, 7) is 0. The third kappa shape index (κ3) is 3.91. The van der Waals surface area contributed by atoms with Gasteiger partial charge in [0, 0.05) is 29.2 Å². The van der Waals surface area contributed by atoms with Crippen molar-refractivity contribution in [3.05, 3.63) is 76.3 Å². The van der Waals surface area contributed by atoms with Crippen LogP contribution in [-0.2, 0) is 0 Å². The summed E-state index contributed by atoms with van der Waals surface area (Å²) in [6, 6.07) is 15.0. The highest BCUT2D eigenvalue weighted by atomic mass is 79.9. The molecule has 0 heterocycles. The first kappa shape index (κ1) is 23.0. The third-order valence-corrected chi connectivity index (χ3v) is 7.00. The Morgan fingerprint density at radius 1 is 0.697 bits per heavy atom. The molecule has 0 spiro atoms. The van der Waals surface area contributed by atoms with Gasteiger partial charge in [0.25, 0.3) is 0 Å². The van der Waals surface area contributed by atoms with Crippen molar-refractivity contribution in [3.63, 3.8) is 0 Å². The van der Waals surface area contributed by atoms with E-state index in [4.69, 9.17) is 23.7 Å². The summed E-state index contributed by atoms with van der Waals surface area (Å²) in [4.78, 5) is 13.7. The van der Waals surface area contributed by atoms with Gasteiger partial charge >= 0.3 is 0 Å². The molecule has 0 radical (unpaired) electrons. The smallest absolute Gasteiger partial charge is 0.197 e. The minimum atomic E-state index is -0.280. The lowest BCUT2D eigenvalue weighted by Gasteiger charge is -2.26. The van der Waals surface area contributed by atoms with Gasteiger partial charge in [-0.15, -0.1) is 0 Å². The molecule has 0 aromatic heterocycles. The average Bonchev–Trinajstić information content (AvgIpc) is 2.95. The number of hydrogen-bond acceptors (Lipinski definition) is 6. The monoisotopic (exact) mass is 512 g/mol.